The molecule has 0 bridgehead atoms. The van der Waals surface area contributed by atoms with E-state index in [0.29, 0.717) is 11.6 Å². The lowest BCUT2D eigenvalue weighted by Gasteiger charge is -2.19. The van der Waals surface area contributed by atoms with Gasteiger partial charge in [-0.05, 0) is 36.2 Å². The Morgan fingerprint density at radius 1 is 1.26 bits per heavy atom. The van der Waals surface area contributed by atoms with Crippen molar-refractivity contribution in [2.24, 2.45) is 7.05 Å². The van der Waals surface area contributed by atoms with Crippen LogP contribution in [0.1, 0.15) is 34.7 Å². The van der Waals surface area contributed by atoms with Crippen molar-refractivity contribution >= 4 is 17.5 Å². The van der Waals surface area contributed by atoms with Crippen molar-refractivity contribution in [2.75, 3.05) is 0 Å². The highest BCUT2D eigenvalue weighted by molar-refractivity contribution is 6.31. The third-order valence-electron chi connectivity index (χ3n) is 4.53. The molecule has 0 spiro atoms. The average molecular weight is 384 g/mol. The number of rotatable bonds is 6. The molecule has 3 rings (SSSR count). The normalized spacial score (nSPS) is 12.0. The van der Waals surface area contributed by atoms with Crippen LogP contribution in [0.3, 0.4) is 0 Å². The van der Waals surface area contributed by atoms with E-state index in [1.54, 1.807) is 22.9 Å². The van der Waals surface area contributed by atoms with Crippen LogP contribution in [-0.4, -0.2) is 20.8 Å². The number of carbonyl (C=O) groups excluding carboxylic acids is 1. The van der Waals surface area contributed by atoms with E-state index in [1.165, 1.54) is 0 Å². The number of aryl methyl sites for hydroxylation is 2. The Kier molecular flexibility index (Phi) is 5.81. The van der Waals surface area contributed by atoms with Gasteiger partial charge in [-0.25, -0.2) is 0 Å². The lowest BCUT2D eigenvalue weighted by molar-refractivity contribution is -0.121. The number of nitrogens with one attached hydrogen (secondary N) is 1. The lowest BCUT2D eigenvalue weighted by Crippen LogP contribution is -2.25. The molecule has 0 saturated heterocycles. The van der Waals surface area contributed by atoms with Gasteiger partial charge in [-0.1, -0.05) is 41.9 Å². The molecule has 27 heavy (non-hydrogen) atoms. The molecular formula is C21H22ClN3O2. The van der Waals surface area contributed by atoms with Crippen LogP contribution in [0, 0.1) is 6.92 Å². The minimum absolute atomic E-state index is 0.0912. The van der Waals surface area contributed by atoms with Crippen LogP contribution in [0.5, 0.6) is 5.75 Å². The van der Waals surface area contributed by atoms with Crippen LogP contribution < -0.4 is 5.32 Å². The van der Waals surface area contributed by atoms with E-state index < -0.39 is 0 Å². The van der Waals surface area contributed by atoms with E-state index in [4.69, 9.17) is 11.6 Å². The zero-order valence-corrected chi connectivity index (χ0v) is 16.1. The van der Waals surface area contributed by atoms with Crippen molar-refractivity contribution < 1.29 is 9.90 Å². The van der Waals surface area contributed by atoms with Crippen molar-refractivity contribution in [3.8, 4) is 5.75 Å². The van der Waals surface area contributed by atoms with Crippen LogP contribution in [0.4, 0.5) is 0 Å². The zero-order chi connectivity index (χ0) is 19.4. The van der Waals surface area contributed by atoms with Gasteiger partial charge in [0.15, 0.2) is 0 Å². The van der Waals surface area contributed by atoms with Crippen molar-refractivity contribution in [2.45, 2.75) is 25.8 Å². The predicted octanol–water partition coefficient (Wildman–Crippen LogP) is 3.93. The summed E-state index contributed by atoms with van der Waals surface area (Å²) in [5, 5.41) is 17.7. The number of aromatic nitrogens is 2. The summed E-state index contributed by atoms with van der Waals surface area (Å²) in [6.45, 7) is 2.34. The van der Waals surface area contributed by atoms with Gasteiger partial charge in [0.25, 0.3) is 0 Å². The summed E-state index contributed by atoms with van der Waals surface area (Å²) < 4.78 is 1.73. The average Bonchev–Trinajstić information content (AvgIpc) is 2.96. The smallest absolute Gasteiger partial charge is 0.221 e. The Hall–Kier alpha value is -2.79. The van der Waals surface area contributed by atoms with E-state index in [1.807, 2.05) is 50.5 Å². The molecule has 0 saturated carbocycles. The van der Waals surface area contributed by atoms with E-state index in [0.717, 1.165) is 22.4 Å². The Labute approximate surface area is 163 Å². The molecule has 0 radical (unpaired) electrons. The molecule has 0 aliphatic heterocycles. The number of halogens is 1. The molecule has 0 fully saturated rings. The number of benzene rings is 2. The topological polar surface area (TPSA) is 67.2 Å². The minimum atomic E-state index is -0.249. The summed E-state index contributed by atoms with van der Waals surface area (Å²) in [5.41, 5.74) is 3.58. The summed E-state index contributed by atoms with van der Waals surface area (Å²) in [6, 6.07) is 14.4. The number of amides is 1. The number of hydrogen-bond donors (Lipinski definition) is 2. The molecule has 3 aromatic rings. The Bertz CT molecular complexity index is 952. The number of nitrogens with zero attached hydrogens (tertiary/aromatic N) is 2. The van der Waals surface area contributed by atoms with Crippen LogP contribution in [0.2, 0.25) is 5.02 Å². The molecular weight excluding hydrogens is 362 g/mol. The third kappa shape index (κ3) is 4.68. The van der Waals surface area contributed by atoms with Crippen molar-refractivity contribution in [3.05, 3.63) is 82.1 Å². The molecule has 0 aliphatic rings. The second-order valence-corrected chi connectivity index (χ2v) is 6.97. The molecule has 1 aromatic heterocycles. The monoisotopic (exact) mass is 383 g/mol. The molecule has 2 aromatic carbocycles. The fraction of sp³-hybridized carbons (Fsp3) is 0.238. The number of carbonyl (C=O) groups is 1. The first-order valence-corrected chi connectivity index (χ1v) is 9.11. The highest BCUT2D eigenvalue weighted by Gasteiger charge is 2.21. The second-order valence-electron chi connectivity index (χ2n) is 6.56. The van der Waals surface area contributed by atoms with Gasteiger partial charge in [0.05, 0.1) is 5.69 Å². The first-order valence-electron chi connectivity index (χ1n) is 8.73. The van der Waals surface area contributed by atoms with Crippen molar-refractivity contribution in [3.63, 3.8) is 0 Å². The summed E-state index contributed by atoms with van der Waals surface area (Å²) >= 11 is 6.38. The fourth-order valence-corrected chi connectivity index (χ4v) is 3.45. The van der Waals surface area contributed by atoms with Gasteiger partial charge < -0.3 is 10.4 Å². The maximum atomic E-state index is 12.6. The van der Waals surface area contributed by atoms with Crippen LogP contribution >= 0.6 is 11.6 Å². The van der Waals surface area contributed by atoms with Crippen LogP contribution in [0.15, 0.2) is 54.7 Å². The van der Waals surface area contributed by atoms with Gasteiger partial charge >= 0.3 is 0 Å². The van der Waals surface area contributed by atoms with Gasteiger partial charge in [0.1, 0.15) is 5.75 Å². The van der Waals surface area contributed by atoms with Crippen LogP contribution in [-0.2, 0) is 18.4 Å². The number of phenols is 1. The SMILES string of the molecule is Cc1nn(C)cc1CNC(=O)C[C@@H](c1cccc(O)c1)c1ccccc1Cl. The van der Waals surface area contributed by atoms with Gasteiger partial charge in [-0.2, -0.15) is 5.10 Å². The number of phenolic OH excluding ortho intramolecular Hbond substituents is 1. The first kappa shape index (κ1) is 19.0. The lowest BCUT2D eigenvalue weighted by atomic mass is 9.88. The number of aromatic hydroxyl groups is 1. The van der Waals surface area contributed by atoms with Crippen molar-refractivity contribution in [1.29, 1.82) is 0 Å². The standard InChI is InChI=1S/C21H22ClN3O2/c1-14-16(13-25(2)24-14)12-23-21(27)11-19(15-6-5-7-17(26)10-15)18-8-3-4-9-20(18)22/h3-10,13,19,26H,11-12H2,1-2H3,(H,23,27)/t19-/m0/s1. The van der Waals surface area contributed by atoms with Gasteiger partial charge in [-0.3, -0.25) is 9.48 Å². The number of hydrogen-bond acceptors (Lipinski definition) is 3. The predicted molar refractivity (Wildman–Crippen MR) is 106 cm³/mol. The van der Waals surface area contributed by atoms with Gasteiger partial charge in [0, 0.05) is 42.7 Å². The Morgan fingerprint density at radius 2 is 2.04 bits per heavy atom. The molecule has 5 nitrogen and oxygen atoms in total. The van der Waals surface area contributed by atoms with E-state index in [2.05, 4.69) is 10.4 Å². The second kappa shape index (κ2) is 8.27. The zero-order valence-electron chi connectivity index (χ0n) is 15.3. The van der Waals surface area contributed by atoms with E-state index in [9.17, 15) is 9.90 Å². The van der Waals surface area contributed by atoms with E-state index >= 15 is 0 Å². The van der Waals surface area contributed by atoms with Gasteiger partial charge in [-0.15, -0.1) is 0 Å². The summed E-state index contributed by atoms with van der Waals surface area (Å²) in [5.74, 6) is -0.178. The highest BCUT2D eigenvalue weighted by atomic mass is 35.5. The summed E-state index contributed by atoms with van der Waals surface area (Å²) in [6.07, 6.45) is 2.13. The third-order valence-corrected chi connectivity index (χ3v) is 4.88. The molecule has 0 aliphatic carbocycles. The molecule has 6 heteroatoms. The Morgan fingerprint density at radius 3 is 2.70 bits per heavy atom. The van der Waals surface area contributed by atoms with Crippen LogP contribution in [0.25, 0.3) is 0 Å². The van der Waals surface area contributed by atoms with Gasteiger partial charge in [0.2, 0.25) is 5.91 Å². The summed E-state index contributed by atoms with van der Waals surface area (Å²) in [7, 11) is 1.85. The largest absolute Gasteiger partial charge is 0.508 e. The Balaban J connectivity index is 1.80. The molecule has 1 atom stereocenters. The van der Waals surface area contributed by atoms with Crippen molar-refractivity contribution in [1.82, 2.24) is 15.1 Å². The molecule has 2 N–H and O–H groups in total. The maximum Gasteiger partial charge on any atom is 0.221 e. The maximum absolute atomic E-state index is 12.6. The minimum Gasteiger partial charge on any atom is -0.508 e. The molecule has 140 valence electrons. The first-order chi connectivity index (χ1) is 12.9. The fourth-order valence-electron chi connectivity index (χ4n) is 3.18. The highest BCUT2D eigenvalue weighted by Crippen LogP contribution is 2.34. The summed E-state index contributed by atoms with van der Waals surface area (Å²) in [4.78, 5) is 12.6. The molecule has 1 amide bonds. The van der Waals surface area contributed by atoms with E-state index in [-0.39, 0.29) is 24.0 Å². The molecule has 0 unspecified atom stereocenters. The quantitative estimate of drug-likeness (QED) is 0.677. The molecule has 1 heterocycles.